The maximum atomic E-state index is 9.73. The molecule has 0 bridgehead atoms. The monoisotopic (exact) mass is 340 g/mol. The molecule has 132 valence electrons. The second-order valence-electron chi connectivity index (χ2n) is 5.77. The zero-order valence-corrected chi connectivity index (χ0v) is 14.6. The Labute approximate surface area is 146 Å². The Balaban J connectivity index is 0.000000880. The average molecular weight is 340 g/mol. The number of fused-ring (bicyclic) bond motifs is 1. The lowest BCUT2D eigenvalue weighted by atomic mass is 10.0. The molecule has 0 spiro atoms. The van der Waals surface area contributed by atoms with Gasteiger partial charge in [-0.2, -0.15) is 0 Å². The molecule has 1 saturated heterocycles. The number of nitrogen functional groups attached to an aromatic ring is 1. The van der Waals surface area contributed by atoms with Gasteiger partial charge in [-0.25, -0.2) is 15.0 Å². The third kappa shape index (κ3) is 3.41. The topological polar surface area (TPSA) is 104 Å². The fourth-order valence-electron chi connectivity index (χ4n) is 3.14. The van der Waals surface area contributed by atoms with Crippen LogP contribution in [0.15, 0.2) is 30.7 Å². The van der Waals surface area contributed by atoms with Gasteiger partial charge in [0, 0.05) is 42.9 Å². The molecule has 0 saturated carbocycles. The third-order valence-electron chi connectivity index (χ3n) is 4.31. The number of hydrogen-bond acceptors (Lipinski definition) is 6. The van der Waals surface area contributed by atoms with E-state index in [1.807, 2.05) is 32.2 Å². The number of aliphatic hydroxyl groups excluding tert-OH is 1. The lowest BCUT2D eigenvalue weighted by Gasteiger charge is -2.32. The van der Waals surface area contributed by atoms with Crippen molar-refractivity contribution in [2.45, 2.75) is 32.8 Å². The first kappa shape index (κ1) is 17.2. The number of piperidine rings is 1. The summed E-state index contributed by atoms with van der Waals surface area (Å²) >= 11 is 0. The minimum atomic E-state index is -0.198. The van der Waals surface area contributed by atoms with Crippen molar-refractivity contribution in [1.82, 2.24) is 19.9 Å². The second-order valence-corrected chi connectivity index (χ2v) is 5.77. The number of nitrogens with one attached hydrogen (secondary N) is 1. The van der Waals surface area contributed by atoms with Crippen LogP contribution in [0.2, 0.25) is 0 Å². The van der Waals surface area contributed by atoms with E-state index in [4.69, 9.17) is 5.73 Å². The molecule has 0 aromatic carbocycles. The van der Waals surface area contributed by atoms with E-state index in [0.717, 1.165) is 53.9 Å². The summed E-state index contributed by atoms with van der Waals surface area (Å²) in [4.78, 5) is 18.2. The molecule has 4 heterocycles. The predicted molar refractivity (Wildman–Crippen MR) is 100 cm³/mol. The molecule has 1 aliphatic rings. The van der Waals surface area contributed by atoms with Crippen molar-refractivity contribution >= 4 is 22.7 Å². The van der Waals surface area contributed by atoms with Crippen LogP contribution in [0.25, 0.3) is 22.3 Å². The number of rotatable bonds is 2. The van der Waals surface area contributed by atoms with E-state index in [9.17, 15) is 5.11 Å². The van der Waals surface area contributed by atoms with E-state index < -0.39 is 0 Å². The van der Waals surface area contributed by atoms with Gasteiger partial charge in [-0.15, -0.1) is 0 Å². The first-order valence-electron chi connectivity index (χ1n) is 8.70. The molecule has 1 fully saturated rings. The Morgan fingerprint density at radius 3 is 2.60 bits per heavy atom. The van der Waals surface area contributed by atoms with Crippen molar-refractivity contribution < 1.29 is 5.11 Å². The van der Waals surface area contributed by atoms with Crippen LogP contribution in [0.1, 0.15) is 26.7 Å². The molecular formula is C18H24N6O. The van der Waals surface area contributed by atoms with Crippen molar-refractivity contribution in [2.24, 2.45) is 0 Å². The number of H-pyrrole nitrogens is 1. The fraction of sp³-hybridized carbons (Fsp3) is 0.389. The zero-order valence-electron chi connectivity index (χ0n) is 14.6. The average Bonchev–Trinajstić information content (AvgIpc) is 3.08. The molecule has 3 aromatic rings. The van der Waals surface area contributed by atoms with Crippen LogP contribution in [0.5, 0.6) is 0 Å². The Morgan fingerprint density at radius 2 is 1.88 bits per heavy atom. The van der Waals surface area contributed by atoms with Gasteiger partial charge >= 0.3 is 0 Å². The molecule has 7 nitrogen and oxygen atoms in total. The van der Waals surface area contributed by atoms with Gasteiger partial charge in [0.2, 0.25) is 5.95 Å². The number of aromatic nitrogens is 4. The molecule has 0 aliphatic carbocycles. The summed E-state index contributed by atoms with van der Waals surface area (Å²) in [6.45, 7) is 5.66. The Hall–Kier alpha value is -2.67. The SMILES string of the molecule is CC.Nc1nccc(-c2c[nH]c3nccc(N4CCC(O)CC4)c23)n1. The number of pyridine rings is 1. The van der Waals surface area contributed by atoms with Gasteiger partial charge in [-0.1, -0.05) is 13.8 Å². The normalized spacial score (nSPS) is 15.1. The molecule has 7 heteroatoms. The number of aromatic amines is 1. The summed E-state index contributed by atoms with van der Waals surface area (Å²) in [6.07, 6.45) is 6.73. The molecular weight excluding hydrogens is 316 g/mol. The van der Waals surface area contributed by atoms with E-state index in [-0.39, 0.29) is 12.1 Å². The third-order valence-corrected chi connectivity index (χ3v) is 4.31. The van der Waals surface area contributed by atoms with Crippen LogP contribution in [0, 0.1) is 0 Å². The number of anilines is 2. The number of aliphatic hydroxyl groups is 1. The number of nitrogens with two attached hydrogens (primary N) is 1. The van der Waals surface area contributed by atoms with Crippen molar-refractivity contribution in [3.8, 4) is 11.3 Å². The number of hydrogen-bond donors (Lipinski definition) is 3. The molecule has 0 amide bonds. The van der Waals surface area contributed by atoms with Crippen LogP contribution in [0.4, 0.5) is 11.6 Å². The lowest BCUT2D eigenvalue weighted by molar-refractivity contribution is 0.145. The summed E-state index contributed by atoms with van der Waals surface area (Å²) in [5, 5.41) is 10.8. The van der Waals surface area contributed by atoms with Crippen molar-refractivity contribution in [3.63, 3.8) is 0 Å². The minimum Gasteiger partial charge on any atom is -0.393 e. The summed E-state index contributed by atoms with van der Waals surface area (Å²) in [7, 11) is 0. The molecule has 0 atom stereocenters. The van der Waals surface area contributed by atoms with Gasteiger partial charge in [-0.05, 0) is 25.0 Å². The molecule has 0 radical (unpaired) electrons. The Kier molecular flexibility index (Phi) is 5.14. The van der Waals surface area contributed by atoms with Gasteiger partial charge in [-0.3, -0.25) is 0 Å². The summed E-state index contributed by atoms with van der Waals surface area (Å²) in [5.74, 6) is 0.253. The van der Waals surface area contributed by atoms with E-state index in [1.165, 1.54) is 0 Å². The van der Waals surface area contributed by atoms with Gasteiger partial charge in [0.1, 0.15) is 5.65 Å². The number of nitrogens with zero attached hydrogens (tertiary/aromatic N) is 4. The van der Waals surface area contributed by atoms with Gasteiger partial charge in [0.05, 0.1) is 17.2 Å². The van der Waals surface area contributed by atoms with Gasteiger partial charge in [0.25, 0.3) is 0 Å². The predicted octanol–water partition coefficient (Wildman–Crippen LogP) is 2.59. The lowest BCUT2D eigenvalue weighted by Crippen LogP contribution is -2.35. The van der Waals surface area contributed by atoms with Crippen LogP contribution in [0.3, 0.4) is 0 Å². The van der Waals surface area contributed by atoms with Crippen LogP contribution in [-0.2, 0) is 0 Å². The highest BCUT2D eigenvalue weighted by molar-refractivity contribution is 6.02. The van der Waals surface area contributed by atoms with Crippen LogP contribution >= 0.6 is 0 Å². The minimum absolute atomic E-state index is 0.198. The fourth-order valence-corrected chi connectivity index (χ4v) is 3.14. The molecule has 4 N–H and O–H groups in total. The largest absolute Gasteiger partial charge is 0.393 e. The van der Waals surface area contributed by atoms with Crippen LogP contribution < -0.4 is 10.6 Å². The van der Waals surface area contributed by atoms with E-state index in [2.05, 4.69) is 24.8 Å². The summed E-state index contributed by atoms with van der Waals surface area (Å²) < 4.78 is 0. The summed E-state index contributed by atoms with van der Waals surface area (Å²) in [6, 6.07) is 3.86. The van der Waals surface area contributed by atoms with E-state index in [0.29, 0.717) is 0 Å². The molecule has 4 rings (SSSR count). The highest BCUT2D eigenvalue weighted by Gasteiger charge is 2.21. The standard InChI is InChI=1S/C16H18N6O.C2H6/c17-16-19-5-1-12(21-16)11-9-20-15-14(11)13(2-6-18-15)22-7-3-10(23)4-8-22;1-2/h1-2,5-6,9-10,23H,3-4,7-8H2,(H,18,20)(H2,17,19,21);1-2H3. The van der Waals surface area contributed by atoms with Gasteiger partial charge < -0.3 is 20.7 Å². The molecule has 3 aromatic heterocycles. The summed E-state index contributed by atoms with van der Waals surface area (Å²) in [5.41, 5.74) is 9.38. The quantitative estimate of drug-likeness (QED) is 0.662. The van der Waals surface area contributed by atoms with Crippen LogP contribution in [-0.4, -0.2) is 44.2 Å². The Bertz CT molecular complexity index is 838. The maximum Gasteiger partial charge on any atom is 0.220 e. The first-order chi connectivity index (χ1) is 12.2. The highest BCUT2D eigenvalue weighted by Crippen LogP contribution is 2.35. The van der Waals surface area contributed by atoms with E-state index in [1.54, 1.807) is 12.4 Å². The molecule has 0 unspecified atom stereocenters. The van der Waals surface area contributed by atoms with Crippen molar-refractivity contribution in [1.29, 1.82) is 0 Å². The highest BCUT2D eigenvalue weighted by atomic mass is 16.3. The first-order valence-corrected chi connectivity index (χ1v) is 8.70. The van der Waals surface area contributed by atoms with Crippen molar-refractivity contribution in [3.05, 3.63) is 30.7 Å². The molecule has 25 heavy (non-hydrogen) atoms. The van der Waals surface area contributed by atoms with Gasteiger partial charge in [0.15, 0.2) is 0 Å². The zero-order chi connectivity index (χ0) is 17.8. The second kappa shape index (κ2) is 7.48. The maximum absolute atomic E-state index is 9.73. The Morgan fingerprint density at radius 1 is 1.16 bits per heavy atom. The van der Waals surface area contributed by atoms with Crippen molar-refractivity contribution in [2.75, 3.05) is 23.7 Å². The van der Waals surface area contributed by atoms with E-state index >= 15 is 0 Å². The molecule has 1 aliphatic heterocycles. The smallest absolute Gasteiger partial charge is 0.220 e.